The van der Waals surface area contributed by atoms with Gasteiger partial charge in [0.25, 0.3) is 0 Å². The maximum atomic E-state index is 6.06. The molecule has 2 N–H and O–H groups in total. The van der Waals surface area contributed by atoms with Crippen LogP contribution in [0.3, 0.4) is 0 Å². The van der Waals surface area contributed by atoms with Crippen LogP contribution in [0.4, 0.5) is 5.69 Å². The molecule has 0 saturated heterocycles. The van der Waals surface area contributed by atoms with Crippen LogP contribution in [0, 0.1) is 0 Å². The summed E-state index contributed by atoms with van der Waals surface area (Å²) in [5.41, 5.74) is 7.66. The number of hydrogen-bond acceptors (Lipinski definition) is 4. The van der Waals surface area contributed by atoms with Crippen molar-refractivity contribution >= 4 is 5.69 Å². The molecule has 5 heteroatoms. The summed E-state index contributed by atoms with van der Waals surface area (Å²) in [6, 6.07) is 5.66. The topological polar surface area (TPSA) is 66.0 Å². The molecule has 94 valence electrons. The first kappa shape index (κ1) is 11.1. The molecule has 0 aliphatic carbocycles. The van der Waals surface area contributed by atoms with Crippen LogP contribution in [0.1, 0.15) is 18.7 Å². The standard InChI is InChI=1S/C13H16N4O/c1-18-9-5-6-10(11(14)8-9)13-16-15-12-4-2-3-7-17(12)13/h5-6,8H,2-4,7,14H2,1H3. The third-order valence-corrected chi connectivity index (χ3v) is 3.36. The van der Waals surface area contributed by atoms with E-state index in [0.29, 0.717) is 5.69 Å². The second-order valence-corrected chi connectivity index (χ2v) is 4.50. The molecule has 0 fully saturated rings. The van der Waals surface area contributed by atoms with E-state index < -0.39 is 0 Å². The summed E-state index contributed by atoms with van der Waals surface area (Å²) in [7, 11) is 1.63. The quantitative estimate of drug-likeness (QED) is 0.819. The molecule has 0 spiro atoms. The van der Waals surface area contributed by atoms with Crippen LogP contribution in [-0.2, 0) is 13.0 Å². The van der Waals surface area contributed by atoms with Crippen molar-refractivity contribution in [3.8, 4) is 17.1 Å². The normalized spacial score (nSPS) is 14.3. The molecule has 1 aliphatic heterocycles. The average Bonchev–Trinajstić information content (AvgIpc) is 2.82. The Hall–Kier alpha value is -2.04. The Morgan fingerprint density at radius 2 is 2.17 bits per heavy atom. The molecule has 0 atom stereocenters. The van der Waals surface area contributed by atoms with Crippen molar-refractivity contribution in [1.82, 2.24) is 14.8 Å². The van der Waals surface area contributed by atoms with Gasteiger partial charge in [-0.2, -0.15) is 0 Å². The monoisotopic (exact) mass is 244 g/mol. The largest absolute Gasteiger partial charge is 0.497 e. The van der Waals surface area contributed by atoms with E-state index in [1.54, 1.807) is 7.11 Å². The molecule has 0 radical (unpaired) electrons. The zero-order chi connectivity index (χ0) is 12.5. The lowest BCUT2D eigenvalue weighted by molar-refractivity contribution is 0.415. The van der Waals surface area contributed by atoms with Gasteiger partial charge in [0.1, 0.15) is 11.6 Å². The number of fused-ring (bicyclic) bond motifs is 1. The van der Waals surface area contributed by atoms with Crippen LogP contribution in [0.2, 0.25) is 0 Å². The van der Waals surface area contributed by atoms with E-state index in [-0.39, 0.29) is 0 Å². The highest BCUT2D eigenvalue weighted by Gasteiger charge is 2.18. The van der Waals surface area contributed by atoms with Gasteiger partial charge in [-0.05, 0) is 25.0 Å². The molecule has 1 aliphatic rings. The molecule has 3 rings (SSSR count). The minimum Gasteiger partial charge on any atom is -0.497 e. The van der Waals surface area contributed by atoms with Crippen molar-refractivity contribution in [3.05, 3.63) is 24.0 Å². The van der Waals surface area contributed by atoms with Crippen LogP contribution >= 0.6 is 0 Å². The highest BCUT2D eigenvalue weighted by atomic mass is 16.5. The zero-order valence-corrected chi connectivity index (χ0v) is 10.4. The van der Waals surface area contributed by atoms with E-state index in [1.807, 2.05) is 18.2 Å². The number of rotatable bonds is 2. The van der Waals surface area contributed by atoms with E-state index >= 15 is 0 Å². The van der Waals surface area contributed by atoms with E-state index in [9.17, 15) is 0 Å². The highest BCUT2D eigenvalue weighted by Crippen LogP contribution is 2.30. The molecular formula is C13H16N4O. The molecule has 5 nitrogen and oxygen atoms in total. The Morgan fingerprint density at radius 1 is 1.28 bits per heavy atom. The van der Waals surface area contributed by atoms with E-state index in [1.165, 1.54) is 12.8 Å². The number of aryl methyl sites for hydroxylation is 1. The summed E-state index contributed by atoms with van der Waals surface area (Å²) in [4.78, 5) is 0. The predicted octanol–water partition coefficient (Wildman–Crippen LogP) is 1.87. The van der Waals surface area contributed by atoms with Gasteiger partial charge in [-0.3, -0.25) is 0 Å². The van der Waals surface area contributed by atoms with E-state index in [4.69, 9.17) is 10.5 Å². The number of nitrogen functional groups attached to an aromatic ring is 1. The smallest absolute Gasteiger partial charge is 0.166 e. The van der Waals surface area contributed by atoms with Crippen LogP contribution in [0.15, 0.2) is 18.2 Å². The number of nitrogens with zero attached hydrogens (tertiary/aromatic N) is 3. The van der Waals surface area contributed by atoms with Crippen molar-refractivity contribution in [2.24, 2.45) is 0 Å². The molecule has 1 aromatic carbocycles. The Kier molecular flexibility index (Phi) is 2.66. The summed E-state index contributed by atoms with van der Waals surface area (Å²) in [5.74, 6) is 2.69. The third-order valence-electron chi connectivity index (χ3n) is 3.36. The van der Waals surface area contributed by atoms with E-state index in [0.717, 1.165) is 35.9 Å². The van der Waals surface area contributed by atoms with Gasteiger partial charge < -0.3 is 15.0 Å². The van der Waals surface area contributed by atoms with Crippen molar-refractivity contribution < 1.29 is 4.74 Å². The molecular weight excluding hydrogens is 228 g/mol. The summed E-state index contributed by atoms with van der Waals surface area (Å²) in [6.07, 6.45) is 3.37. The van der Waals surface area contributed by atoms with Crippen molar-refractivity contribution in [2.45, 2.75) is 25.8 Å². The minimum atomic E-state index is 0.676. The zero-order valence-electron chi connectivity index (χ0n) is 10.4. The Labute approximate surface area is 106 Å². The Morgan fingerprint density at radius 3 is 2.94 bits per heavy atom. The molecule has 0 unspecified atom stereocenters. The molecule has 2 heterocycles. The van der Waals surface area contributed by atoms with E-state index in [2.05, 4.69) is 14.8 Å². The highest BCUT2D eigenvalue weighted by molar-refractivity contribution is 5.73. The second kappa shape index (κ2) is 4.33. The van der Waals surface area contributed by atoms with Gasteiger partial charge in [-0.25, -0.2) is 0 Å². The fourth-order valence-corrected chi connectivity index (χ4v) is 2.38. The summed E-state index contributed by atoms with van der Waals surface area (Å²) in [5, 5.41) is 8.52. The van der Waals surface area contributed by atoms with Crippen LogP contribution < -0.4 is 10.5 Å². The van der Waals surface area contributed by atoms with Crippen LogP contribution in [0.5, 0.6) is 5.75 Å². The summed E-state index contributed by atoms with van der Waals surface area (Å²) in [6.45, 7) is 0.975. The average molecular weight is 244 g/mol. The SMILES string of the molecule is COc1ccc(-c2nnc3n2CCCC3)c(N)c1. The number of methoxy groups -OCH3 is 1. The maximum Gasteiger partial charge on any atom is 0.166 e. The maximum absolute atomic E-state index is 6.06. The first-order chi connectivity index (χ1) is 8.79. The lowest BCUT2D eigenvalue weighted by Gasteiger charge is -2.15. The summed E-state index contributed by atoms with van der Waals surface area (Å²) < 4.78 is 7.33. The third kappa shape index (κ3) is 1.72. The van der Waals surface area contributed by atoms with Crippen LogP contribution in [-0.4, -0.2) is 21.9 Å². The lowest BCUT2D eigenvalue weighted by atomic mass is 10.1. The Balaban J connectivity index is 2.07. The van der Waals surface area contributed by atoms with Gasteiger partial charge in [0, 0.05) is 30.3 Å². The fraction of sp³-hybridized carbons (Fsp3) is 0.385. The number of anilines is 1. The van der Waals surface area contributed by atoms with Crippen molar-refractivity contribution in [3.63, 3.8) is 0 Å². The molecule has 0 saturated carbocycles. The predicted molar refractivity (Wildman–Crippen MR) is 69.4 cm³/mol. The minimum absolute atomic E-state index is 0.676. The second-order valence-electron chi connectivity index (χ2n) is 4.50. The summed E-state index contributed by atoms with van der Waals surface area (Å²) >= 11 is 0. The number of benzene rings is 1. The van der Waals surface area contributed by atoms with Gasteiger partial charge in [-0.1, -0.05) is 0 Å². The number of ether oxygens (including phenoxy) is 1. The molecule has 0 bridgehead atoms. The first-order valence-electron chi connectivity index (χ1n) is 6.15. The number of nitrogens with two attached hydrogens (primary N) is 1. The molecule has 1 aromatic heterocycles. The van der Waals surface area contributed by atoms with Gasteiger partial charge in [0.15, 0.2) is 5.82 Å². The molecule has 18 heavy (non-hydrogen) atoms. The van der Waals surface area contributed by atoms with Crippen molar-refractivity contribution in [2.75, 3.05) is 12.8 Å². The van der Waals surface area contributed by atoms with Crippen molar-refractivity contribution in [1.29, 1.82) is 0 Å². The fourth-order valence-electron chi connectivity index (χ4n) is 2.38. The van der Waals surface area contributed by atoms with Gasteiger partial charge >= 0.3 is 0 Å². The van der Waals surface area contributed by atoms with Gasteiger partial charge in [-0.15, -0.1) is 10.2 Å². The number of aromatic nitrogens is 3. The first-order valence-corrected chi connectivity index (χ1v) is 6.15. The van der Waals surface area contributed by atoms with Gasteiger partial charge in [0.05, 0.1) is 7.11 Å². The van der Waals surface area contributed by atoms with Crippen LogP contribution in [0.25, 0.3) is 11.4 Å². The number of hydrogen-bond donors (Lipinski definition) is 1. The molecule has 0 amide bonds. The Bertz CT molecular complexity index is 576. The lowest BCUT2D eigenvalue weighted by Crippen LogP contribution is -2.11. The molecule has 2 aromatic rings. The van der Waals surface area contributed by atoms with Gasteiger partial charge in [0.2, 0.25) is 0 Å².